The molecule has 3 aliphatic heterocycles. The monoisotopic (exact) mass is 790 g/mol. The van der Waals surface area contributed by atoms with Crippen molar-refractivity contribution in [1.29, 1.82) is 0 Å². The van der Waals surface area contributed by atoms with Crippen LogP contribution in [-0.2, 0) is 19.2 Å². The second-order valence-corrected chi connectivity index (χ2v) is 12.1. The lowest BCUT2D eigenvalue weighted by molar-refractivity contribution is -0.141. The Bertz CT molecular complexity index is 1810. The number of amides is 8. The molecule has 0 saturated heterocycles. The largest absolute Gasteiger partial charge is 0.425 e. The standard InChI is InChI=1S/C32H42N10O14/c43-23(37-53)17-25(45)39-13-1-2-14-40(26(46)18-24(44)38-54)16-4-10-34-28(48)20-6-8-22(42(56)32(20)52)30(50)36-12-11-35-29(49)21-7-5-19(31(51)41(21)55)27(47)33-9-3-15-39/h5-8,53-56H,1-4,9-18H2,(H,33,47)(H,34,48)(H,35,49)(H,36,50)(H,37,43)(H,38,44). The van der Waals surface area contributed by atoms with Crippen LogP contribution < -0.4 is 43.3 Å². The summed E-state index contributed by atoms with van der Waals surface area (Å²) < 4.78 is -0.0978. The summed E-state index contributed by atoms with van der Waals surface area (Å²) in [7, 11) is 0. The topological polar surface area (TPSA) is 340 Å². The van der Waals surface area contributed by atoms with Gasteiger partial charge in [0.15, 0.2) is 0 Å². The molecule has 24 heteroatoms. The van der Waals surface area contributed by atoms with Gasteiger partial charge in [0.2, 0.25) is 11.8 Å². The first-order chi connectivity index (χ1) is 26.7. The summed E-state index contributed by atoms with van der Waals surface area (Å²) in [6.07, 6.45) is -0.685. The molecule has 0 atom stereocenters. The summed E-state index contributed by atoms with van der Waals surface area (Å²) >= 11 is 0. The zero-order chi connectivity index (χ0) is 41.4. The van der Waals surface area contributed by atoms with Crippen LogP contribution in [0.15, 0.2) is 33.9 Å². The number of nitrogens with zero attached hydrogens (tertiary/aromatic N) is 4. The van der Waals surface area contributed by atoms with E-state index < -0.39 is 93.7 Å². The van der Waals surface area contributed by atoms with E-state index in [1.807, 2.05) is 0 Å². The highest BCUT2D eigenvalue weighted by atomic mass is 16.5. The summed E-state index contributed by atoms with van der Waals surface area (Å²) in [5.74, 6) is -7.09. The van der Waals surface area contributed by atoms with Crippen molar-refractivity contribution in [3.63, 3.8) is 0 Å². The summed E-state index contributed by atoms with van der Waals surface area (Å²) in [5.41, 5.74) is -1.92. The summed E-state index contributed by atoms with van der Waals surface area (Å²) in [6.45, 7) is -0.635. The van der Waals surface area contributed by atoms with Crippen LogP contribution in [0.25, 0.3) is 0 Å². The van der Waals surface area contributed by atoms with Gasteiger partial charge in [0, 0.05) is 52.4 Å². The Morgan fingerprint density at radius 1 is 0.518 bits per heavy atom. The third-order valence-corrected chi connectivity index (χ3v) is 8.23. The van der Waals surface area contributed by atoms with E-state index in [4.69, 9.17) is 10.4 Å². The first-order valence-electron chi connectivity index (χ1n) is 17.1. The van der Waals surface area contributed by atoms with Crippen LogP contribution in [0.2, 0.25) is 0 Å². The van der Waals surface area contributed by atoms with E-state index in [1.165, 1.54) is 20.8 Å². The average Bonchev–Trinajstić information content (AvgIpc) is 3.17. The van der Waals surface area contributed by atoms with Gasteiger partial charge in [-0.1, -0.05) is 0 Å². The number of nitrogens with one attached hydrogen (secondary N) is 6. The van der Waals surface area contributed by atoms with Gasteiger partial charge in [0.25, 0.3) is 46.6 Å². The fourth-order valence-corrected chi connectivity index (χ4v) is 5.32. The van der Waals surface area contributed by atoms with Gasteiger partial charge in [-0.05, 0) is 49.9 Å². The lowest BCUT2D eigenvalue weighted by Crippen LogP contribution is -2.41. The number of hydrogen-bond acceptors (Lipinski definition) is 14. The first-order valence-corrected chi connectivity index (χ1v) is 17.1. The molecule has 56 heavy (non-hydrogen) atoms. The van der Waals surface area contributed by atoms with Gasteiger partial charge >= 0.3 is 0 Å². The van der Waals surface area contributed by atoms with E-state index in [1.54, 1.807) is 0 Å². The predicted molar refractivity (Wildman–Crippen MR) is 186 cm³/mol. The zero-order valence-electron chi connectivity index (χ0n) is 29.9. The molecular weight excluding hydrogens is 748 g/mol. The lowest BCUT2D eigenvalue weighted by atomic mass is 10.2. The quantitative estimate of drug-likeness (QED) is 0.0613. The van der Waals surface area contributed by atoms with Crippen molar-refractivity contribution in [3.8, 4) is 0 Å². The molecule has 3 aliphatic rings. The Kier molecular flexibility index (Phi) is 16.5. The third-order valence-electron chi connectivity index (χ3n) is 8.23. The highest BCUT2D eigenvalue weighted by molar-refractivity contribution is 5.98. The molecule has 5 rings (SSSR count). The van der Waals surface area contributed by atoms with Crippen LogP contribution in [0.4, 0.5) is 0 Å². The van der Waals surface area contributed by atoms with Gasteiger partial charge in [-0.15, -0.1) is 9.46 Å². The van der Waals surface area contributed by atoms with E-state index in [0.717, 1.165) is 24.3 Å². The Morgan fingerprint density at radius 2 is 0.857 bits per heavy atom. The van der Waals surface area contributed by atoms with Crippen molar-refractivity contribution < 1.29 is 59.2 Å². The summed E-state index contributed by atoms with van der Waals surface area (Å²) in [4.78, 5) is 128. The molecule has 8 amide bonds. The maximum Gasteiger partial charge on any atom is 0.296 e. The van der Waals surface area contributed by atoms with Crippen LogP contribution in [-0.4, -0.2) is 140 Å². The van der Waals surface area contributed by atoms with Gasteiger partial charge in [-0.3, -0.25) is 58.4 Å². The molecule has 304 valence electrons. The number of hydroxylamine groups is 2. The van der Waals surface area contributed by atoms with Crippen LogP contribution in [0, 0.1) is 0 Å². The molecule has 0 aliphatic carbocycles. The molecule has 4 bridgehead atoms. The van der Waals surface area contributed by atoms with Crippen LogP contribution >= 0.6 is 0 Å². The van der Waals surface area contributed by atoms with Gasteiger partial charge in [-0.2, -0.15) is 0 Å². The summed E-state index contributed by atoms with van der Waals surface area (Å²) in [6, 6.07) is 3.98. The fraction of sp³-hybridized carbons (Fsp3) is 0.438. The van der Waals surface area contributed by atoms with Crippen molar-refractivity contribution in [2.75, 3.05) is 52.4 Å². The maximum atomic E-state index is 12.8. The molecule has 0 fully saturated rings. The fourth-order valence-electron chi connectivity index (χ4n) is 5.32. The number of hydrogen-bond donors (Lipinski definition) is 10. The second-order valence-electron chi connectivity index (χ2n) is 12.1. The highest BCUT2D eigenvalue weighted by Gasteiger charge is 2.23. The minimum absolute atomic E-state index is 0.00921. The minimum atomic E-state index is -1.24. The van der Waals surface area contributed by atoms with Crippen molar-refractivity contribution in [3.05, 3.63) is 67.5 Å². The average molecular weight is 791 g/mol. The predicted octanol–water partition coefficient (Wildman–Crippen LogP) is -3.87. The molecule has 10 N–H and O–H groups in total. The van der Waals surface area contributed by atoms with E-state index in [0.29, 0.717) is 0 Å². The van der Waals surface area contributed by atoms with Gasteiger partial charge < -0.3 is 41.5 Å². The molecule has 0 unspecified atom stereocenters. The number of aromatic nitrogens is 2. The molecule has 2 aromatic rings. The minimum Gasteiger partial charge on any atom is -0.425 e. The number of carbonyl (C=O) groups is 8. The number of fused-ring (bicyclic) bond motifs is 2. The highest BCUT2D eigenvalue weighted by Crippen LogP contribution is 2.06. The number of carbonyl (C=O) groups excluding carboxylic acids is 8. The number of pyridine rings is 2. The summed E-state index contributed by atoms with van der Waals surface area (Å²) in [5, 5.41) is 48.0. The second kappa shape index (κ2) is 21.2. The van der Waals surface area contributed by atoms with Crippen molar-refractivity contribution in [1.82, 2.24) is 51.5 Å². The van der Waals surface area contributed by atoms with Crippen LogP contribution in [0.3, 0.4) is 0 Å². The van der Waals surface area contributed by atoms with E-state index in [2.05, 4.69) is 21.3 Å². The van der Waals surface area contributed by atoms with Crippen LogP contribution in [0.1, 0.15) is 80.2 Å². The van der Waals surface area contributed by atoms with Crippen molar-refractivity contribution in [2.24, 2.45) is 0 Å². The molecule has 2 aromatic heterocycles. The normalized spacial score (nSPS) is 15.8. The van der Waals surface area contributed by atoms with Crippen LogP contribution in [0.5, 0.6) is 0 Å². The Balaban J connectivity index is 1.84. The van der Waals surface area contributed by atoms with Gasteiger partial charge in [0.1, 0.15) is 35.4 Å². The molecular formula is C32H42N10O14. The van der Waals surface area contributed by atoms with Crippen molar-refractivity contribution in [2.45, 2.75) is 38.5 Å². The molecule has 0 saturated carbocycles. The smallest absolute Gasteiger partial charge is 0.296 e. The van der Waals surface area contributed by atoms with E-state index in [-0.39, 0.29) is 87.5 Å². The molecule has 0 aromatic carbocycles. The van der Waals surface area contributed by atoms with Gasteiger partial charge in [0.05, 0.1) is 0 Å². The maximum absolute atomic E-state index is 12.8. The Labute approximate surface area is 316 Å². The molecule has 0 spiro atoms. The molecule has 24 nitrogen and oxygen atoms in total. The molecule has 0 radical (unpaired) electrons. The zero-order valence-corrected chi connectivity index (χ0v) is 29.9. The number of rotatable bonds is 4. The third kappa shape index (κ3) is 12.1. The Morgan fingerprint density at radius 3 is 1.21 bits per heavy atom. The first kappa shape index (κ1) is 43.6. The van der Waals surface area contributed by atoms with E-state index in [9.17, 15) is 58.4 Å². The SMILES string of the molecule is O=C(CC(=O)N1CCCCN(C(=O)CC(=O)NO)CCCNC(=O)c2ccc(n(O)c2=O)C(=O)NCCNC(=O)c2ccc(c(=O)n2O)C(=O)NCCC1)NO. The molecule has 5 heterocycles. The van der Waals surface area contributed by atoms with Crippen molar-refractivity contribution >= 4 is 47.3 Å². The Hall–Kier alpha value is -6.82. The van der Waals surface area contributed by atoms with Gasteiger partial charge in [-0.25, -0.2) is 11.0 Å². The van der Waals surface area contributed by atoms with E-state index >= 15 is 0 Å². The lowest BCUT2D eigenvalue weighted by Gasteiger charge is -2.25.